The van der Waals surface area contributed by atoms with Crippen molar-refractivity contribution in [3.05, 3.63) is 0 Å². The number of rotatable bonds is 0. The van der Waals surface area contributed by atoms with E-state index >= 15 is 0 Å². The predicted octanol–water partition coefficient (Wildman–Crippen LogP) is 0.117. The van der Waals surface area contributed by atoms with Gasteiger partial charge in [-0.3, -0.25) is 4.90 Å². The highest BCUT2D eigenvalue weighted by atomic mass is 16.2. The second kappa shape index (κ2) is 2.77. The number of carbonyl (C=O) groups excluding carboxylic acids is 2. The largest absolute Gasteiger partial charge is 0.323 e. The van der Waals surface area contributed by atoms with E-state index in [9.17, 15) is 9.59 Å². The lowest BCUT2D eigenvalue weighted by Gasteiger charge is -2.34. The quantitative estimate of drug-likeness (QED) is 0.599. The van der Waals surface area contributed by atoms with Crippen molar-refractivity contribution in [3.8, 4) is 0 Å². The molecule has 0 radical (unpaired) electrons. The van der Waals surface area contributed by atoms with Crippen molar-refractivity contribution in [2.75, 3.05) is 7.05 Å². The lowest BCUT2D eigenvalue weighted by atomic mass is 10.1. The number of urea groups is 2. The topological polar surface area (TPSA) is 64.7 Å². The summed E-state index contributed by atoms with van der Waals surface area (Å²) >= 11 is 0. The number of carbonyl (C=O) groups is 2. The second-order valence-corrected chi connectivity index (χ2v) is 4.94. The number of nitrogens with one attached hydrogen (secondary N) is 2. The Balaban J connectivity index is 2.32. The molecule has 0 bridgehead atoms. The number of hydrogen-bond donors (Lipinski definition) is 2. The summed E-state index contributed by atoms with van der Waals surface area (Å²) < 4.78 is 0. The van der Waals surface area contributed by atoms with Crippen LogP contribution in [0.25, 0.3) is 0 Å². The van der Waals surface area contributed by atoms with Crippen molar-refractivity contribution in [1.29, 1.82) is 0 Å². The van der Waals surface area contributed by atoms with Gasteiger partial charge < -0.3 is 15.5 Å². The van der Waals surface area contributed by atoms with Gasteiger partial charge in [0.2, 0.25) is 0 Å². The van der Waals surface area contributed by atoms with Crippen molar-refractivity contribution in [2.45, 2.75) is 38.6 Å². The molecule has 15 heavy (non-hydrogen) atoms. The van der Waals surface area contributed by atoms with Gasteiger partial charge in [0.1, 0.15) is 12.3 Å². The molecule has 84 valence electrons. The van der Waals surface area contributed by atoms with E-state index in [-0.39, 0.29) is 29.9 Å². The molecule has 2 aliphatic heterocycles. The molecule has 0 unspecified atom stereocenters. The molecule has 2 rings (SSSR count). The fourth-order valence-electron chi connectivity index (χ4n) is 2.09. The van der Waals surface area contributed by atoms with Gasteiger partial charge in [-0.25, -0.2) is 9.59 Å². The Kier molecular flexibility index (Phi) is 1.86. The zero-order chi connectivity index (χ0) is 11.4. The average molecular weight is 212 g/mol. The molecule has 0 aromatic heterocycles. The number of fused-ring (bicyclic) bond motifs is 1. The van der Waals surface area contributed by atoms with Crippen LogP contribution in [0.3, 0.4) is 0 Å². The maximum absolute atomic E-state index is 11.9. The van der Waals surface area contributed by atoms with E-state index in [0.29, 0.717) is 0 Å². The number of hydrogen-bond acceptors (Lipinski definition) is 2. The van der Waals surface area contributed by atoms with Crippen molar-refractivity contribution in [3.63, 3.8) is 0 Å². The van der Waals surface area contributed by atoms with Crippen molar-refractivity contribution in [2.24, 2.45) is 0 Å². The van der Waals surface area contributed by atoms with E-state index in [2.05, 4.69) is 10.6 Å². The Morgan fingerprint density at radius 2 is 1.67 bits per heavy atom. The maximum Gasteiger partial charge on any atom is 0.323 e. The van der Waals surface area contributed by atoms with Crippen LogP contribution in [0.5, 0.6) is 0 Å². The van der Waals surface area contributed by atoms with Gasteiger partial charge in [-0.15, -0.1) is 0 Å². The number of amides is 4. The fourth-order valence-corrected chi connectivity index (χ4v) is 2.09. The summed E-state index contributed by atoms with van der Waals surface area (Å²) in [5.74, 6) is 0. The Hall–Kier alpha value is -1.46. The number of likely N-dealkylation sites (N-methyl/N-ethyl adjacent to an activating group) is 1. The Morgan fingerprint density at radius 3 is 2.20 bits per heavy atom. The summed E-state index contributed by atoms with van der Waals surface area (Å²) in [7, 11) is 1.69. The van der Waals surface area contributed by atoms with E-state index in [1.54, 1.807) is 16.8 Å². The van der Waals surface area contributed by atoms with Crippen LogP contribution >= 0.6 is 0 Å². The minimum atomic E-state index is -0.302. The molecule has 4 amide bonds. The first-order valence-electron chi connectivity index (χ1n) is 4.95. The Labute approximate surface area is 88.6 Å². The summed E-state index contributed by atoms with van der Waals surface area (Å²) in [6.07, 6.45) is -0.528. The zero-order valence-electron chi connectivity index (χ0n) is 9.37. The Morgan fingerprint density at radius 1 is 1.13 bits per heavy atom. The third-order valence-corrected chi connectivity index (χ3v) is 2.78. The van der Waals surface area contributed by atoms with E-state index in [1.165, 1.54) is 0 Å². The van der Waals surface area contributed by atoms with Crippen LogP contribution < -0.4 is 10.6 Å². The standard InChI is InChI=1S/C9H16N4O2/c1-9(2,3)13-6-5(10-7(14)11-6)12(4)8(13)15/h5-6H,1-4H3,(H2,10,11,14)/t5-,6-/m1/s1. The van der Waals surface area contributed by atoms with E-state index in [1.807, 2.05) is 20.8 Å². The summed E-state index contributed by atoms with van der Waals surface area (Å²) in [5.41, 5.74) is -0.302. The molecule has 2 heterocycles. The monoisotopic (exact) mass is 212 g/mol. The molecule has 6 nitrogen and oxygen atoms in total. The molecule has 0 aromatic carbocycles. The molecule has 0 aliphatic carbocycles. The van der Waals surface area contributed by atoms with Crippen molar-refractivity contribution < 1.29 is 9.59 Å². The van der Waals surface area contributed by atoms with Gasteiger partial charge >= 0.3 is 12.1 Å². The lowest BCUT2D eigenvalue weighted by molar-refractivity contribution is 0.128. The maximum atomic E-state index is 11.9. The first-order valence-corrected chi connectivity index (χ1v) is 4.95. The summed E-state index contributed by atoms with van der Waals surface area (Å²) in [6.45, 7) is 5.85. The van der Waals surface area contributed by atoms with Gasteiger partial charge in [0, 0.05) is 12.6 Å². The molecular weight excluding hydrogens is 196 g/mol. The van der Waals surface area contributed by atoms with E-state index < -0.39 is 0 Å². The minimum absolute atomic E-state index is 0.0648. The first kappa shape index (κ1) is 10.1. The van der Waals surface area contributed by atoms with Crippen LogP contribution in [-0.4, -0.2) is 46.8 Å². The van der Waals surface area contributed by atoms with Crippen molar-refractivity contribution in [1.82, 2.24) is 20.4 Å². The van der Waals surface area contributed by atoms with Crippen LogP contribution in [0.1, 0.15) is 20.8 Å². The van der Waals surface area contributed by atoms with Crippen LogP contribution in [0.2, 0.25) is 0 Å². The van der Waals surface area contributed by atoms with Crippen molar-refractivity contribution >= 4 is 12.1 Å². The van der Waals surface area contributed by atoms with Crippen LogP contribution in [-0.2, 0) is 0 Å². The van der Waals surface area contributed by atoms with E-state index in [4.69, 9.17) is 0 Å². The molecule has 2 N–H and O–H groups in total. The molecule has 0 spiro atoms. The Bertz CT molecular complexity index is 323. The van der Waals surface area contributed by atoms with Gasteiger partial charge in [0.15, 0.2) is 0 Å². The molecular formula is C9H16N4O2. The van der Waals surface area contributed by atoms with Gasteiger partial charge in [-0.05, 0) is 20.8 Å². The van der Waals surface area contributed by atoms with Gasteiger partial charge in [-0.2, -0.15) is 0 Å². The van der Waals surface area contributed by atoms with Gasteiger partial charge in [0.05, 0.1) is 0 Å². The smallest absolute Gasteiger partial charge is 0.314 e. The highest BCUT2D eigenvalue weighted by Gasteiger charge is 2.52. The predicted molar refractivity (Wildman–Crippen MR) is 54.0 cm³/mol. The molecule has 0 saturated carbocycles. The normalized spacial score (nSPS) is 30.4. The zero-order valence-corrected chi connectivity index (χ0v) is 9.37. The van der Waals surface area contributed by atoms with E-state index in [0.717, 1.165) is 0 Å². The summed E-state index contributed by atoms with van der Waals surface area (Å²) in [5, 5.41) is 5.46. The van der Waals surface area contributed by atoms with Crippen LogP contribution in [0.15, 0.2) is 0 Å². The average Bonchev–Trinajstić information content (AvgIpc) is 2.51. The third kappa shape index (κ3) is 1.32. The lowest BCUT2D eigenvalue weighted by Crippen LogP contribution is -2.52. The number of nitrogens with zero attached hydrogens (tertiary/aromatic N) is 2. The molecule has 2 atom stereocenters. The molecule has 2 saturated heterocycles. The second-order valence-electron chi connectivity index (χ2n) is 4.94. The van der Waals surface area contributed by atoms with Gasteiger partial charge in [-0.1, -0.05) is 0 Å². The molecule has 2 fully saturated rings. The molecule has 0 aromatic rings. The SMILES string of the molecule is CN1C(=O)N(C(C)(C)C)[C@H]2NC(=O)N[C@@H]21. The summed E-state index contributed by atoms with van der Waals surface area (Å²) in [6, 6.07) is -0.288. The first-order chi connectivity index (χ1) is 6.82. The minimum Gasteiger partial charge on any atom is -0.314 e. The summed E-state index contributed by atoms with van der Waals surface area (Å²) in [4.78, 5) is 26.4. The highest BCUT2D eigenvalue weighted by molar-refractivity contribution is 5.85. The fraction of sp³-hybridized carbons (Fsp3) is 0.778. The van der Waals surface area contributed by atoms with Gasteiger partial charge in [0.25, 0.3) is 0 Å². The molecule has 6 heteroatoms. The van der Waals surface area contributed by atoms with Crippen LogP contribution in [0.4, 0.5) is 9.59 Å². The highest BCUT2D eigenvalue weighted by Crippen LogP contribution is 2.28. The molecule has 2 aliphatic rings. The third-order valence-electron chi connectivity index (χ3n) is 2.78. The van der Waals surface area contributed by atoms with Crippen LogP contribution in [0, 0.1) is 0 Å².